The minimum absolute atomic E-state index is 0.540. The van der Waals surface area contributed by atoms with Gasteiger partial charge in [0.05, 0.1) is 7.11 Å². The summed E-state index contributed by atoms with van der Waals surface area (Å²) in [6.07, 6.45) is 2.26. The minimum atomic E-state index is 0.540. The molecule has 0 aliphatic rings. The van der Waals surface area contributed by atoms with Gasteiger partial charge in [-0.1, -0.05) is 19.1 Å². The van der Waals surface area contributed by atoms with E-state index in [0.717, 1.165) is 18.7 Å². The Hall–Kier alpha value is -1.02. The predicted octanol–water partition coefficient (Wildman–Crippen LogP) is 2.63. The smallest absolute Gasteiger partial charge is 0.118 e. The zero-order valence-corrected chi connectivity index (χ0v) is 9.92. The normalized spacial score (nSPS) is 12.5. The molecule has 1 rings (SSSR count). The first-order valence-electron chi connectivity index (χ1n) is 5.62. The first-order valence-corrected chi connectivity index (χ1v) is 5.62. The van der Waals surface area contributed by atoms with E-state index in [1.807, 2.05) is 12.1 Å². The zero-order valence-electron chi connectivity index (χ0n) is 9.92. The average Bonchev–Trinajstić information content (AvgIpc) is 2.27. The fraction of sp³-hybridized carbons (Fsp3) is 0.538. The van der Waals surface area contributed by atoms with Crippen LogP contribution in [0.2, 0.25) is 0 Å². The third kappa shape index (κ3) is 4.34. The van der Waals surface area contributed by atoms with Gasteiger partial charge in [-0.2, -0.15) is 0 Å². The Labute approximate surface area is 92.6 Å². The van der Waals surface area contributed by atoms with Crippen molar-refractivity contribution in [1.82, 2.24) is 5.32 Å². The topological polar surface area (TPSA) is 21.3 Å². The summed E-state index contributed by atoms with van der Waals surface area (Å²) in [5.41, 5.74) is 1.35. The van der Waals surface area contributed by atoms with Crippen LogP contribution in [-0.4, -0.2) is 19.7 Å². The molecule has 1 unspecified atom stereocenters. The highest BCUT2D eigenvalue weighted by atomic mass is 16.5. The number of nitrogens with one attached hydrogen (secondary N) is 1. The van der Waals surface area contributed by atoms with Gasteiger partial charge in [0.2, 0.25) is 0 Å². The van der Waals surface area contributed by atoms with E-state index in [1.54, 1.807) is 7.11 Å². The van der Waals surface area contributed by atoms with Crippen LogP contribution in [0.4, 0.5) is 0 Å². The second-order valence-electron chi connectivity index (χ2n) is 3.91. The van der Waals surface area contributed by atoms with Crippen LogP contribution in [-0.2, 0) is 6.42 Å². The van der Waals surface area contributed by atoms with E-state index in [-0.39, 0.29) is 0 Å². The molecule has 0 amide bonds. The van der Waals surface area contributed by atoms with E-state index >= 15 is 0 Å². The molecule has 0 saturated heterocycles. The molecular formula is C13H21NO. The number of rotatable bonds is 6. The number of hydrogen-bond donors (Lipinski definition) is 1. The monoisotopic (exact) mass is 207 g/mol. The van der Waals surface area contributed by atoms with Gasteiger partial charge in [-0.25, -0.2) is 0 Å². The van der Waals surface area contributed by atoms with Crippen LogP contribution < -0.4 is 10.1 Å². The SMILES string of the molecule is CCCNC(C)Cc1ccc(OC)cc1. The van der Waals surface area contributed by atoms with Crippen LogP contribution in [0.5, 0.6) is 5.75 Å². The van der Waals surface area contributed by atoms with Gasteiger partial charge in [0.1, 0.15) is 5.75 Å². The van der Waals surface area contributed by atoms with E-state index in [2.05, 4.69) is 31.3 Å². The maximum atomic E-state index is 5.12. The molecule has 0 heterocycles. The van der Waals surface area contributed by atoms with Crippen molar-refractivity contribution >= 4 is 0 Å². The maximum Gasteiger partial charge on any atom is 0.118 e. The quantitative estimate of drug-likeness (QED) is 0.774. The van der Waals surface area contributed by atoms with E-state index in [1.165, 1.54) is 12.0 Å². The molecule has 0 spiro atoms. The van der Waals surface area contributed by atoms with Crippen molar-refractivity contribution in [2.45, 2.75) is 32.7 Å². The summed E-state index contributed by atoms with van der Waals surface area (Å²) < 4.78 is 5.12. The Balaban J connectivity index is 2.42. The Morgan fingerprint density at radius 3 is 2.47 bits per heavy atom. The highest BCUT2D eigenvalue weighted by molar-refractivity contribution is 5.27. The molecule has 2 heteroatoms. The first-order chi connectivity index (χ1) is 7.26. The van der Waals surface area contributed by atoms with Gasteiger partial charge < -0.3 is 10.1 Å². The lowest BCUT2D eigenvalue weighted by atomic mass is 10.1. The summed E-state index contributed by atoms with van der Waals surface area (Å²) in [5.74, 6) is 0.924. The molecule has 15 heavy (non-hydrogen) atoms. The highest BCUT2D eigenvalue weighted by Gasteiger charge is 2.02. The second kappa shape index (κ2) is 6.46. The minimum Gasteiger partial charge on any atom is -0.497 e. The van der Waals surface area contributed by atoms with Crippen molar-refractivity contribution in [3.8, 4) is 5.75 Å². The van der Waals surface area contributed by atoms with Crippen LogP contribution in [0.1, 0.15) is 25.8 Å². The lowest BCUT2D eigenvalue weighted by molar-refractivity contribution is 0.414. The molecule has 0 aliphatic heterocycles. The van der Waals surface area contributed by atoms with Crippen molar-refractivity contribution in [3.63, 3.8) is 0 Å². The standard InChI is InChI=1S/C13H21NO/c1-4-9-14-11(2)10-12-5-7-13(15-3)8-6-12/h5-8,11,14H,4,9-10H2,1-3H3. The molecule has 1 aromatic rings. The number of methoxy groups -OCH3 is 1. The van der Waals surface area contributed by atoms with Gasteiger partial charge in [0, 0.05) is 6.04 Å². The molecule has 1 aromatic carbocycles. The molecule has 0 fully saturated rings. The second-order valence-corrected chi connectivity index (χ2v) is 3.91. The van der Waals surface area contributed by atoms with Crippen molar-refractivity contribution in [3.05, 3.63) is 29.8 Å². The first kappa shape index (κ1) is 12.1. The van der Waals surface area contributed by atoms with Crippen LogP contribution in [0.15, 0.2) is 24.3 Å². The van der Waals surface area contributed by atoms with Gasteiger partial charge in [-0.05, 0) is 44.0 Å². The van der Waals surface area contributed by atoms with Crippen molar-refractivity contribution in [2.24, 2.45) is 0 Å². The summed E-state index contributed by atoms with van der Waals surface area (Å²) in [6.45, 7) is 5.50. The molecule has 0 saturated carbocycles. The molecular weight excluding hydrogens is 186 g/mol. The summed E-state index contributed by atoms with van der Waals surface area (Å²) in [5, 5.41) is 3.48. The lowest BCUT2D eigenvalue weighted by Gasteiger charge is -2.13. The predicted molar refractivity (Wildman–Crippen MR) is 64.5 cm³/mol. The maximum absolute atomic E-state index is 5.12. The molecule has 0 bridgehead atoms. The number of ether oxygens (including phenoxy) is 1. The zero-order chi connectivity index (χ0) is 11.1. The summed E-state index contributed by atoms with van der Waals surface area (Å²) in [7, 11) is 1.69. The fourth-order valence-electron chi connectivity index (χ4n) is 1.58. The van der Waals surface area contributed by atoms with Gasteiger partial charge in [0.15, 0.2) is 0 Å². The van der Waals surface area contributed by atoms with Crippen LogP contribution in [0.25, 0.3) is 0 Å². The highest BCUT2D eigenvalue weighted by Crippen LogP contribution is 2.12. The molecule has 0 aromatic heterocycles. The molecule has 2 nitrogen and oxygen atoms in total. The van der Waals surface area contributed by atoms with E-state index in [4.69, 9.17) is 4.74 Å². The van der Waals surface area contributed by atoms with Crippen molar-refractivity contribution < 1.29 is 4.74 Å². The fourth-order valence-corrected chi connectivity index (χ4v) is 1.58. The van der Waals surface area contributed by atoms with Crippen LogP contribution >= 0.6 is 0 Å². The van der Waals surface area contributed by atoms with Crippen LogP contribution in [0.3, 0.4) is 0 Å². The number of benzene rings is 1. The third-order valence-corrected chi connectivity index (χ3v) is 2.44. The van der Waals surface area contributed by atoms with Crippen molar-refractivity contribution in [1.29, 1.82) is 0 Å². The molecule has 84 valence electrons. The number of hydrogen-bond acceptors (Lipinski definition) is 2. The van der Waals surface area contributed by atoms with Gasteiger partial charge in [-0.15, -0.1) is 0 Å². The molecule has 1 N–H and O–H groups in total. The summed E-state index contributed by atoms with van der Waals surface area (Å²) in [6, 6.07) is 8.83. The van der Waals surface area contributed by atoms with Gasteiger partial charge in [0.25, 0.3) is 0 Å². The average molecular weight is 207 g/mol. The largest absolute Gasteiger partial charge is 0.497 e. The van der Waals surface area contributed by atoms with E-state index < -0.39 is 0 Å². The Morgan fingerprint density at radius 1 is 1.27 bits per heavy atom. The Kier molecular flexibility index (Phi) is 5.19. The van der Waals surface area contributed by atoms with Gasteiger partial charge >= 0.3 is 0 Å². The summed E-state index contributed by atoms with van der Waals surface area (Å²) in [4.78, 5) is 0. The Morgan fingerprint density at radius 2 is 1.93 bits per heavy atom. The molecule has 0 radical (unpaired) electrons. The van der Waals surface area contributed by atoms with E-state index in [0.29, 0.717) is 6.04 Å². The lowest BCUT2D eigenvalue weighted by Crippen LogP contribution is -2.28. The Bertz CT molecular complexity index is 268. The molecule has 0 aliphatic carbocycles. The summed E-state index contributed by atoms with van der Waals surface area (Å²) >= 11 is 0. The van der Waals surface area contributed by atoms with Crippen LogP contribution in [0, 0.1) is 0 Å². The van der Waals surface area contributed by atoms with Gasteiger partial charge in [-0.3, -0.25) is 0 Å². The molecule has 1 atom stereocenters. The van der Waals surface area contributed by atoms with Crippen molar-refractivity contribution in [2.75, 3.05) is 13.7 Å². The third-order valence-electron chi connectivity index (χ3n) is 2.44. The van der Waals surface area contributed by atoms with E-state index in [9.17, 15) is 0 Å².